The number of halogens is 1. The molecule has 30 heavy (non-hydrogen) atoms. The number of nitrogens with one attached hydrogen (secondary N) is 1. The molecule has 0 saturated carbocycles. The van der Waals surface area contributed by atoms with E-state index in [2.05, 4.69) is 16.4 Å². The van der Waals surface area contributed by atoms with E-state index in [4.69, 9.17) is 0 Å². The maximum Gasteiger partial charge on any atom is 0.234 e. The number of hydrogen-bond acceptors (Lipinski definition) is 4. The van der Waals surface area contributed by atoms with Gasteiger partial charge in [0.2, 0.25) is 5.91 Å². The Morgan fingerprint density at radius 3 is 2.80 bits per heavy atom. The van der Waals surface area contributed by atoms with Crippen LogP contribution in [0, 0.1) is 24.1 Å². The summed E-state index contributed by atoms with van der Waals surface area (Å²) >= 11 is 1.36. The molecule has 0 fully saturated rings. The second-order valence-corrected chi connectivity index (χ2v) is 7.90. The summed E-state index contributed by atoms with van der Waals surface area (Å²) in [6.07, 6.45) is 0.686. The number of benzene rings is 2. The number of rotatable bonds is 5. The van der Waals surface area contributed by atoms with Crippen molar-refractivity contribution in [1.29, 1.82) is 5.26 Å². The van der Waals surface area contributed by atoms with Gasteiger partial charge in [-0.15, -0.1) is 0 Å². The van der Waals surface area contributed by atoms with Gasteiger partial charge >= 0.3 is 0 Å². The Hall–Kier alpha value is -3.37. The molecule has 0 bridgehead atoms. The first-order valence-corrected chi connectivity index (χ1v) is 10.5. The molecule has 5 nitrogen and oxygen atoms in total. The zero-order valence-electron chi connectivity index (χ0n) is 16.6. The first-order chi connectivity index (χ1) is 14.5. The molecule has 4 rings (SSSR count). The van der Waals surface area contributed by atoms with E-state index in [0.717, 1.165) is 21.6 Å². The molecular formula is C23H19FN4OS. The smallest absolute Gasteiger partial charge is 0.234 e. The second kappa shape index (κ2) is 8.17. The minimum Gasteiger partial charge on any atom is -0.325 e. The van der Waals surface area contributed by atoms with Crippen LogP contribution in [0.25, 0.3) is 16.7 Å². The standard InChI is InChI=1S/C23H19FN4OS/c1-3-15-10-22(30-13-21(29)26-16-9-8-14(2)18(24)11-16)28-20-7-5-4-6-19(20)27-23(28)17(15)12-25/h4-11H,3,13H2,1-2H3,(H,26,29). The first kappa shape index (κ1) is 19.9. The third-order valence-electron chi connectivity index (χ3n) is 4.92. The van der Waals surface area contributed by atoms with E-state index in [-0.39, 0.29) is 17.5 Å². The number of amides is 1. The topological polar surface area (TPSA) is 70.2 Å². The fraction of sp³-hybridized carbons (Fsp3) is 0.174. The van der Waals surface area contributed by atoms with Crippen LogP contribution >= 0.6 is 11.8 Å². The lowest BCUT2D eigenvalue weighted by molar-refractivity contribution is -0.113. The number of carbonyl (C=O) groups is 1. The molecule has 0 aliphatic carbocycles. The van der Waals surface area contributed by atoms with Gasteiger partial charge in [0.25, 0.3) is 0 Å². The van der Waals surface area contributed by atoms with Crippen molar-refractivity contribution in [2.45, 2.75) is 25.3 Å². The lowest BCUT2D eigenvalue weighted by atomic mass is 10.1. The average molecular weight is 418 g/mol. The Bertz CT molecular complexity index is 1320. The number of anilines is 1. The van der Waals surface area contributed by atoms with Crippen molar-refractivity contribution < 1.29 is 9.18 Å². The molecule has 2 aromatic carbocycles. The molecule has 0 unspecified atom stereocenters. The third-order valence-corrected chi connectivity index (χ3v) is 5.93. The van der Waals surface area contributed by atoms with Gasteiger partial charge in [0, 0.05) is 5.69 Å². The van der Waals surface area contributed by atoms with Crippen LogP contribution in [0.15, 0.2) is 53.6 Å². The van der Waals surface area contributed by atoms with Crippen LogP contribution < -0.4 is 5.32 Å². The minimum atomic E-state index is -0.355. The molecule has 1 amide bonds. The summed E-state index contributed by atoms with van der Waals surface area (Å²) in [5.74, 6) is -0.443. The van der Waals surface area contributed by atoms with Crippen LogP contribution in [0.3, 0.4) is 0 Å². The van der Waals surface area contributed by atoms with E-state index >= 15 is 0 Å². The van der Waals surface area contributed by atoms with Crippen molar-refractivity contribution in [3.05, 3.63) is 71.0 Å². The highest BCUT2D eigenvalue weighted by Crippen LogP contribution is 2.30. The molecule has 1 N–H and O–H groups in total. The number of aryl methyl sites for hydroxylation is 2. The second-order valence-electron chi connectivity index (χ2n) is 6.91. The van der Waals surface area contributed by atoms with Gasteiger partial charge < -0.3 is 5.32 Å². The van der Waals surface area contributed by atoms with E-state index < -0.39 is 0 Å². The van der Waals surface area contributed by atoms with Crippen LogP contribution in [0.5, 0.6) is 0 Å². The van der Waals surface area contributed by atoms with E-state index in [9.17, 15) is 14.4 Å². The zero-order valence-corrected chi connectivity index (χ0v) is 17.4. The lowest BCUT2D eigenvalue weighted by Gasteiger charge is -2.11. The molecule has 0 spiro atoms. The van der Waals surface area contributed by atoms with Gasteiger partial charge in [-0.3, -0.25) is 9.20 Å². The summed E-state index contributed by atoms with van der Waals surface area (Å²) in [7, 11) is 0. The summed E-state index contributed by atoms with van der Waals surface area (Å²) in [6, 6.07) is 16.5. The summed E-state index contributed by atoms with van der Waals surface area (Å²) in [5.41, 5.74) is 4.68. The average Bonchev–Trinajstić information content (AvgIpc) is 3.13. The van der Waals surface area contributed by atoms with Crippen molar-refractivity contribution in [3.63, 3.8) is 0 Å². The van der Waals surface area contributed by atoms with Gasteiger partial charge in [-0.2, -0.15) is 5.26 Å². The number of thioether (sulfide) groups is 1. The van der Waals surface area contributed by atoms with Crippen LogP contribution in [0.4, 0.5) is 10.1 Å². The zero-order chi connectivity index (χ0) is 21.3. The Balaban J connectivity index is 1.67. The number of para-hydroxylation sites is 2. The van der Waals surface area contributed by atoms with Crippen molar-refractivity contribution in [2.75, 3.05) is 11.1 Å². The van der Waals surface area contributed by atoms with E-state index in [1.165, 1.54) is 17.8 Å². The Kier molecular flexibility index (Phi) is 5.42. The Morgan fingerprint density at radius 2 is 2.07 bits per heavy atom. The number of hydrogen-bond donors (Lipinski definition) is 1. The van der Waals surface area contributed by atoms with Gasteiger partial charge in [-0.05, 0) is 54.8 Å². The maximum absolute atomic E-state index is 13.7. The lowest BCUT2D eigenvalue weighted by Crippen LogP contribution is -2.14. The molecule has 0 radical (unpaired) electrons. The molecule has 7 heteroatoms. The maximum atomic E-state index is 13.7. The van der Waals surface area contributed by atoms with Gasteiger partial charge in [-0.1, -0.05) is 36.9 Å². The highest BCUT2D eigenvalue weighted by atomic mass is 32.2. The highest BCUT2D eigenvalue weighted by Gasteiger charge is 2.17. The summed E-state index contributed by atoms with van der Waals surface area (Å²) in [6.45, 7) is 3.66. The summed E-state index contributed by atoms with van der Waals surface area (Å²) < 4.78 is 15.7. The quantitative estimate of drug-likeness (QED) is 0.458. The van der Waals surface area contributed by atoms with Crippen LogP contribution in [0.2, 0.25) is 0 Å². The minimum absolute atomic E-state index is 0.145. The molecule has 150 valence electrons. The van der Waals surface area contributed by atoms with Crippen LogP contribution in [-0.2, 0) is 11.2 Å². The molecule has 0 atom stereocenters. The molecular weight excluding hydrogens is 399 g/mol. The predicted octanol–water partition coefficient (Wildman–Crippen LogP) is 5.10. The number of imidazole rings is 1. The number of nitrogens with zero attached hydrogens (tertiary/aromatic N) is 3. The predicted molar refractivity (Wildman–Crippen MR) is 117 cm³/mol. The summed E-state index contributed by atoms with van der Waals surface area (Å²) in [4.78, 5) is 17.1. The first-order valence-electron chi connectivity index (χ1n) is 9.53. The van der Waals surface area contributed by atoms with Gasteiger partial charge in [0.05, 0.1) is 27.4 Å². The number of fused-ring (bicyclic) bond motifs is 3. The van der Waals surface area contributed by atoms with E-state index in [1.807, 2.05) is 41.7 Å². The van der Waals surface area contributed by atoms with E-state index in [0.29, 0.717) is 28.9 Å². The molecule has 0 aliphatic rings. The third kappa shape index (κ3) is 3.62. The van der Waals surface area contributed by atoms with E-state index in [1.54, 1.807) is 19.1 Å². The van der Waals surface area contributed by atoms with Gasteiger partial charge in [0.1, 0.15) is 11.9 Å². The fourth-order valence-electron chi connectivity index (χ4n) is 3.36. The molecule has 0 aliphatic heterocycles. The van der Waals surface area contributed by atoms with Crippen molar-refractivity contribution in [2.24, 2.45) is 0 Å². The largest absolute Gasteiger partial charge is 0.325 e. The van der Waals surface area contributed by atoms with Crippen molar-refractivity contribution in [1.82, 2.24) is 9.38 Å². The Morgan fingerprint density at radius 1 is 1.27 bits per heavy atom. The summed E-state index contributed by atoms with van der Waals surface area (Å²) in [5, 5.41) is 13.2. The highest BCUT2D eigenvalue weighted by molar-refractivity contribution is 7.99. The molecule has 0 saturated heterocycles. The SMILES string of the molecule is CCc1cc(SCC(=O)Nc2ccc(C)c(F)c2)n2c(nc3ccccc32)c1C#N. The van der Waals surface area contributed by atoms with Crippen LogP contribution in [-0.4, -0.2) is 21.0 Å². The number of pyridine rings is 1. The normalized spacial score (nSPS) is 11.0. The molecule has 4 aromatic rings. The number of nitriles is 1. The molecule has 2 heterocycles. The van der Waals surface area contributed by atoms with Gasteiger partial charge in [-0.25, -0.2) is 9.37 Å². The Labute approximate surface area is 177 Å². The number of carbonyl (C=O) groups excluding carboxylic acids is 1. The number of aromatic nitrogens is 2. The monoisotopic (exact) mass is 418 g/mol. The fourth-order valence-corrected chi connectivity index (χ4v) is 4.25. The molecule has 2 aromatic heterocycles. The van der Waals surface area contributed by atoms with Crippen molar-refractivity contribution in [3.8, 4) is 6.07 Å². The van der Waals surface area contributed by atoms with Gasteiger partial charge in [0.15, 0.2) is 5.65 Å². The van der Waals surface area contributed by atoms with Crippen molar-refractivity contribution >= 4 is 40.0 Å². The van der Waals surface area contributed by atoms with Crippen LogP contribution in [0.1, 0.15) is 23.6 Å².